The number of benzene rings is 1. The van der Waals surface area contributed by atoms with E-state index < -0.39 is 0 Å². The summed E-state index contributed by atoms with van der Waals surface area (Å²) < 4.78 is 5.01. The number of nitrogens with zero attached hydrogens (tertiary/aromatic N) is 2. The monoisotopic (exact) mass is 290 g/mol. The number of thiazole rings is 1. The normalized spacial score (nSPS) is 10.4. The zero-order chi connectivity index (χ0) is 14.7. The van der Waals surface area contributed by atoms with Crippen molar-refractivity contribution in [2.75, 3.05) is 18.6 Å². The molecule has 0 saturated carbocycles. The number of aryl methyl sites for hydroxylation is 2. The van der Waals surface area contributed by atoms with E-state index in [1.807, 2.05) is 31.0 Å². The molecule has 0 atom stereocenters. The molecular formula is C15H18N2O2S. The highest BCUT2D eigenvalue weighted by Gasteiger charge is 2.18. The highest BCUT2D eigenvalue weighted by molar-refractivity contribution is 7.15. The molecular weight excluding hydrogens is 272 g/mol. The maximum atomic E-state index is 11.8. The van der Waals surface area contributed by atoms with Crippen LogP contribution < -0.4 is 4.90 Å². The van der Waals surface area contributed by atoms with Gasteiger partial charge in [-0.3, -0.25) is 0 Å². The van der Waals surface area contributed by atoms with E-state index in [1.54, 1.807) is 6.92 Å². The second kappa shape index (κ2) is 6.05. The Morgan fingerprint density at radius 1 is 1.40 bits per heavy atom. The van der Waals surface area contributed by atoms with Crippen LogP contribution in [0.2, 0.25) is 0 Å². The molecule has 0 amide bonds. The predicted octanol–water partition coefficient (Wildman–Crippen LogP) is 3.70. The standard InChI is InChI=1S/C15H18N2O2S/c1-5-19-14(18)13-11(3)20-15(16-13)17(4)12-8-6-7-10(2)9-12/h6-9H,5H2,1-4H3. The highest BCUT2D eigenvalue weighted by atomic mass is 32.1. The summed E-state index contributed by atoms with van der Waals surface area (Å²) in [5.41, 5.74) is 2.65. The number of hydrogen-bond donors (Lipinski definition) is 0. The number of hydrogen-bond acceptors (Lipinski definition) is 5. The predicted molar refractivity (Wildman–Crippen MR) is 82.0 cm³/mol. The summed E-state index contributed by atoms with van der Waals surface area (Å²) in [6.07, 6.45) is 0. The molecule has 5 heteroatoms. The minimum absolute atomic E-state index is 0.356. The minimum Gasteiger partial charge on any atom is -0.461 e. The second-order valence-corrected chi connectivity index (χ2v) is 5.70. The van der Waals surface area contributed by atoms with Crippen molar-refractivity contribution in [1.82, 2.24) is 4.98 Å². The summed E-state index contributed by atoms with van der Waals surface area (Å²) in [7, 11) is 1.95. The molecule has 0 aliphatic rings. The van der Waals surface area contributed by atoms with E-state index in [0.717, 1.165) is 15.7 Å². The molecule has 0 aliphatic carbocycles. The lowest BCUT2D eigenvalue weighted by molar-refractivity contribution is 0.0519. The Morgan fingerprint density at radius 3 is 2.80 bits per heavy atom. The third kappa shape index (κ3) is 2.99. The fourth-order valence-corrected chi connectivity index (χ4v) is 2.74. The summed E-state index contributed by atoms with van der Waals surface area (Å²) in [4.78, 5) is 19.1. The van der Waals surface area contributed by atoms with Crippen molar-refractivity contribution in [1.29, 1.82) is 0 Å². The first-order valence-corrected chi connectivity index (χ1v) is 7.29. The summed E-state index contributed by atoms with van der Waals surface area (Å²) >= 11 is 1.49. The summed E-state index contributed by atoms with van der Waals surface area (Å²) in [6.45, 7) is 6.09. The van der Waals surface area contributed by atoms with E-state index in [2.05, 4.69) is 24.0 Å². The van der Waals surface area contributed by atoms with Gasteiger partial charge < -0.3 is 9.64 Å². The molecule has 106 valence electrons. The van der Waals surface area contributed by atoms with Crippen LogP contribution in [0.5, 0.6) is 0 Å². The molecule has 0 aliphatic heterocycles. The van der Waals surface area contributed by atoms with Crippen molar-refractivity contribution in [3.05, 3.63) is 40.4 Å². The maximum absolute atomic E-state index is 11.8. The Bertz CT molecular complexity index is 622. The van der Waals surface area contributed by atoms with E-state index in [1.165, 1.54) is 16.9 Å². The van der Waals surface area contributed by atoms with Gasteiger partial charge in [0.1, 0.15) is 0 Å². The largest absolute Gasteiger partial charge is 0.461 e. The molecule has 0 fully saturated rings. The average molecular weight is 290 g/mol. The van der Waals surface area contributed by atoms with Crippen LogP contribution in [0, 0.1) is 13.8 Å². The zero-order valence-electron chi connectivity index (χ0n) is 12.1. The van der Waals surface area contributed by atoms with Crippen molar-refractivity contribution in [2.45, 2.75) is 20.8 Å². The Labute approximate surface area is 123 Å². The van der Waals surface area contributed by atoms with Crippen molar-refractivity contribution in [3.63, 3.8) is 0 Å². The first-order chi connectivity index (χ1) is 9.52. The van der Waals surface area contributed by atoms with Gasteiger partial charge in [-0.15, -0.1) is 11.3 Å². The van der Waals surface area contributed by atoms with Gasteiger partial charge in [0.05, 0.1) is 6.61 Å². The third-order valence-corrected chi connectivity index (χ3v) is 3.98. The lowest BCUT2D eigenvalue weighted by Gasteiger charge is -2.16. The fraction of sp³-hybridized carbons (Fsp3) is 0.333. The van der Waals surface area contributed by atoms with Crippen LogP contribution in [0.15, 0.2) is 24.3 Å². The number of rotatable bonds is 4. The van der Waals surface area contributed by atoms with Gasteiger partial charge in [0, 0.05) is 17.6 Å². The maximum Gasteiger partial charge on any atom is 0.358 e. The molecule has 0 N–H and O–H groups in total. The number of carbonyl (C=O) groups is 1. The van der Waals surface area contributed by atoms with E-state index in [9.17, 15) is 4.79 Å². The van der Waals surface area contributed by atoms with Gasteiger partial charge in [0.15, 0.2) is 10.8 Å². The molecule has 0 saturated heterocycles. The summed E-state index contributed by atoms with van der Waals surface area (Å²) in [6, 6.07) is 8.16. The van der Waals surface area contributed by atoms with Gasteiger partial charge in [0.2, 0.25) is 0 Å². The molecule has 0 radical (unpaired) electrons. The van der Waals surface area contributed by atoms with E-state index in [4.69, 9.17) is 4.74 Å². The number of esters is 1. The first kappa shape index (κ1) is 14.5. The lowest BCUT2D eigenvalue weighted by atomic mass is 10.2. The molecule has 2 rings (SSSR count). The molecule has 20 heavy (non-hydrogen) atoms. The van der Waals surface area contributed by atoms with Crippen molar-refractivity contribution < 1.29 is 9.53 Å². The van der Waals surface area contributed by atoms with Crippen LogP contribution in [0.25, 0.3) is 0 Å². The summed E-state index contributed by atoms with van der Waals surface area (Å²) in [5.74, 6) is -0.356. The molecule has 4 nitrogen and oxygen atoms in total. The van der Waals surface area contributed by atoms with Crippen LogP contribution in [0.4, 0.5) is 10.8 Å². The third-order valence-electron chi connectivity index (χ3n) is 2.93. The van der Waals surface area contributed by atoms with E-state index in [0.29, 0.717) is 12.3 Å². The van der Waals surface area contributed by atoms with Crippen molar-refractivity contribution in [3.8, 4) is 0 Å². The van der Waals surface area contributed by atoms with E-state index >= 15 is 0 Å². The Kier molecular flexibility index (Phi) is 4.39. The van der Waals surface area contributed by atoms with E-state index in [-0.39, 0.29) is 5.97 Å². The van der Waals surface area contributed by atoms with Crippen LogP contribution >= 0.6 is 11.3 Å². The smallest absolute Gasteiger partial charge is 0.358 e. The van der Waals surface area contributed by atoms with Gasteiger partial charge in [-0.2, -0.15) is 0 Å². The van der Waals surface area contributed by atoms with Crippen LogP contribution in [0.1, 0.15) is 27.9 Å². The molecule has 1 aromatic carbocycles. The highest BCUT2D eigenvalue weighted by Crippen LogP contribution is 2.30. The lowest BCUT2D eigenvalue weighted by Crippen LogP contribution is -2.11. The second-order valence-electron chi connectivity index (χ2n) is 4.52. The molecule has 2 aromatic rings. The number of aromatic nitrogens is 1. The number of anilines is 2. The summed E-state index contributed by atoms with van der Waals surface area (Å²) in [5, 5.41) is 0.788. The fourth-order valence-electron chi connectivity index (χ4n) is 1.86. The zero-order valence-corrected chi connectivity index (χ0v) is 13.0. The van der Waals surface area contributed by atoms with Crippen molar-refractivity contribution in [2.24, 2.45) is 0 Å². The molecule has 0 unspecified atom stereocenters. The minimum atomic E-state index is -0.356. The van der Waals surface area contributed by atoms with Gasteiger partial charge in [0.25, 0.3) is 0 Å². The van der Waals surface area contributed by atoms with Crippen LogP contribution in [0.3, 0.4) is 0 Å². The first-order valence-electron chi connectivity index (χ1n) is 6.48. The van der Waals surface area contributed by atoms with Gasteiger partial charge in [-0.1, -0.05) is 12.1 Å². The molecule has 0 spiro atoms. The SMILES string of the molecule is CCOC(=O)c1nc(N(C)c2cccc(C)c2)sc1C. The van der Waals surface area contributed by atoms with Crippen LogP contribution in [-0.2, 0) is 4.74 Å². The quantitative estimate of drug-likeness (QED) is 0.805. The topological polar surface area (TPSA) is 42.4 Å². The Morgan fingerprint density at radius 2 is 2.15 bits per heavy atom. The molecule has 1 aromatic heterocycles. The average Bonchev–Trinajstić information content (AvgIpc) is 2.80. The van der Waals surface area contributed by atoms with Crippen LogP contribution in [-0.4, -0.2) is 24.6 Å². The van der Waals surface area contributed by atoms with Crippen molar-refractivity contribution >= 4 is 28.1 Å². The Hall–Kier alpha value is -1.88. The molecule has 0 bridgehead atoms. The van der Waals surface area contributed by atoms with Gasteiger partial charge in [-0.25, -0.2) is 9.78 Å². The Balaban J connectivity index is 2.29. The van der Waals surface area contributed by atoms with Gasteiger partial charge in [-0.05, 0) is 38.5 Å². The number of carbonyl (C=O) groups excluding carboxylic acids is 1. The number of ether oxygens (including phenoxy) is 1. The molecule has 1 heterocycles. The van der Waals surface area contributed by atoms with Gasteiger partial charge >= 0.3 is 5.97 Å².